The molecule has 0 aliphatic heterocycles. The molecule has 1 rings (SSSR count). The zero-order chi connectivity index (χ0) is 13.5. The number of hydrogen-bond acceptors (Lipinski definition) is 4. The Balaban J connectivity index is 2.78. The van der Waals surface area contributed by atoms with Crippen LogP contribution in [-0.2, 0) is 6.54 Å². The van der Waals surface area contributed by atoms with Crippen molar-refractivity contribution < 1.29 is 0 Å². The monoisotopic (exact) mass is 312 g/mol. The van der Waals surface area contributed by atoms with Crippen LogP contribution in [0.25, 0.3) is 0 Å². The van der Waals surface area contributed by atoms with Crippen LogP contribution in [0, 0.1) is 12.3 Å². The molecule has 0 aromatic carbocycles. The summed E-state index contributed by atoms with van der Waals surface area (Å²) in [5.41, 5.74) is 0.541. The van der Waals surface area contributed by atoms with Crippen molar-refractivity contribution in [1.82, 2.24) is 14.7 Å². The van der Waals surface area contributed by atoms with Crippen LogP contribution in [0.2, 0.25) is 0 Å². The smallest absolute Gasteiger partial charge is 0.283 e. The lowest BCUT2D eigenvalue weighted by Crippen LogP contribution is -2.29. The molecule has 98 valence electrons. The summed E-state index contributed by atoms with van der Waals surface area (Å²) in [5, 5.41) is 7.19. The van der Waals surface area contributed by atoms with Gasteiger partial charge in [0.1, 0.15) is 4.47 Å². The summed E-state index contributed by atoms with van der Waals surface area (Å²) in [6, 6.07) is 0. The molecule has 1 heterocycles. The van der Waals surface area contributed by atoms with Gasteiger partial charge in [0.15, 0.2) is 0 Å². The molecular weight excluding hydrogens is 296 g/mol. The first-order chi connectivity index (χ1) is 8.56. The van der Waals surface area contributed by atoms with Gasteiger partial charge in [-0.25, -0.2) is 4.68 Å². The van der Waals surface area contributed by atoms with Crippen molar-refractivity contribution in [1.29, 1.82) is 0 Å². The first-order valence-electron chi connectivity index (χ1n) is 5.64. The Kier molecular flexibility index (Phi) is 5.89. The van der Waals surface area contributed by atoms with Crippen LogP contribution in [0.3, 0.4) is 0 Å². The van der Waals surface area contributed by atoms with E-state index in [0.717, 1.165) is 6.54 Å². The zero-order valence-corrected chi connectivity index (χ0v) is 12.2. The molecule has 5 nitrogen and oxygen atoms in total. The number of anilines is 1. The molecule has 0 radical (unpaired) electrons. The highest BCUT2D eigenvalue weighted by Gasteiger charge is 2.08. The van der Waals surface area contributed by atoms with Crippen molar-refractivity contribution in [2.45, 2.75) is 13.0 Å². The first-order valence-corrected chi connectivity index (χ1v) is 6.43. The summed E-state index contributed by atoms with van der Waals surface area (Å²) in [6.45, 7) is 1.95. The summed E-state index contributed by atoms with van der Waals surface area (Å²) in [4.78, 5) is 14.0. The third-order valence-corrected chi connectivity index (χ3v) is 3.10. The van der Waals surface area contributed by atoms with E-state index in [1.807, 2.05) is 19.0 Å². The average Bonchev–Trinajstić information content (AvgIpc) is 2.33. The number of hydrogen-bond donors (Lipinski definition) is 1. The summed E-state index contributed by atoms with van der Waals surface area (Å²) >= 11 is 3.29. The molecular formula is C12H17BrN4O. The van der Waals surface area contributed by atoms with Crippen LogP contribution in [0.4, 0.5) is 5.69 Å². The molecule has 0 unspecified atom stereocenters. The molecule has 0 amide bonds. The van der Waals surface area contributed by atoms with Crippen molar-refractivity contribution in [2.75, 3.05) is 32.5 Å². The largest absolute Gasteiger partial charge is 0.382 e. The predicted molar refractivity (Wildman–Crippen MR) is 76.7 cm³/mol. The minimum Gasteiger partial charge on any atom is -0.382 e. The Morgan fingerprint density at radius 1 is 1.61 bits per heavy atom. The van der Waals surface area contributed by atoms with Gasteiger partial charge >= 0.3 is 0 Å². The summed E-state index contributed by atoms with van der Waals surface area (Å²) in [6.07, 6.45) is 7.41. The number of nitrogens with one attached hydrogen (secondary N) is 1. The maximum absolute atomic E-state index is 12.0. The van der Waals surface area contributed by atoms with Crippen molar-refractivity contribution in [2.24, 2.45) is 0 Å². The van der Waals surface area contributed by atoms with E-state index in [1.165, 1.54) is 4.68 Å². The first kappa shape index (κ1) is 14.7. The minimum absolute atomic E-state index is 0.137. The van der Waals surface area contributed by atoms with Crippen LogP contribution in [0.1, 0.15) is 6.42 Å². The fraction of sp³-hybridized carbons (Fsp3) is 0.500. The molecule has 0 saturated carbocycles. The maximum atomic E-state index is 12.0. The third-order valence-electron chi connectivity index (χ3n) is 2.33. The van der Waals surface area contributed by atoms with Crippen molar-refractivity contribution in [3.05, 3.63) is 21.0 Å². The van der Waals surface area contributed by atoms with Gasteiger partial charge in [0, 0.05) is 19.5 Å². The lowest BCUT2D eigenvalue weighted by molar-refractivity contribution is 0.367. The van der Waals surface area contributed by atoms with Gasteiger partial charge < -0.3 is 10.2 Å². The topological polar surface area (TPSA) is 50.2 Å². The van der Waals surface area contributed by atoms with E-state index in [2.05, 4.69) is 32.3 Å². The normalized spacial score (nSPS) is 10.4. The summed E-state index contributed by atoms with van der Waals surface area (Å²) in [7, 11) is 3.91. The highest BCUT2D eigenvalue weighted by Crippen LogP contribution is 2.15. The Bertz CT molecular complexity index is 490. The predicted octanol–water partition coefficient (Wildman–Crippen LogP) is 1.00. The minimum atomic E-state index is -0.137. The van der Waals surface area contributed by atoms with E-state index >= 15 is 0 Å². The van der Waals surface area contributed by atoms with Gasteiger partial charge in [-0.05, 0) is 30.0 Å². The quantitative estimate of drug-likeness (QED) is 0.629. The number of aromatic nitrogens is 2. The van der Waals surface area contributed by atoms with Gasteiger partial charge in [0.2, 0.25) is 0 Å². The molecule has 0 bridgehead atoms. The van der Waals surface area contributed by atoms with Crippen LogP contribution in [0.15, 0.2) is 15.5 Å². The van der Waals surface area contributed by atoms with Crippen LogP contribution >= 0.6 is 15.9 Å². The van der Waals surface area contributed by atoms with Crippen molar-refractivity contribution in [3.63, 3.8) is 0 Å². The number of rotatable bonds is 6. The SMILES string of the molecule is C#CCCNc1cnn(CCN(C)C)c(=O)c1Br. The standard InChI is InChI=1S/C12H17BrN4O/c1-4-5-6-14-10-9-15-17(8-7-16(2)3)12(18)11(10)13/h1,9,14H,5-8H2,2-3H3. The van der Waals surface area contributed by atoms with E-state index in [4.69, 9.17) is 6.42 Å². The fourth-order valence-corrected chi connectivity index (χ4v) is 1.76. The summed E-state index contributed by atoms with van der Waals surface area (Å²) in [5.74, 6) is 2.53. The van der Waals surface area contributed by atoms with Crippen LogP contribution in [-0.4, -0.2) is 41.9 Å². The fourth-order valence-electron chi connectivity index (χ4n) is 1.31. The van der Waals surface area contributed by atoms with Gasteiger partial charge in [0.05, 0.1) is 18.4 Å². The van der Waals surface area contributed by atoms with Gasteiger partial charge in [-0.15, -0.1) is 12.3 Å². The molecule has 6 heteroatoms. The molecule has 0 spiro atoms. The van der Waals surface area contributed by atoms with Crippen molar-refractivity contribution >= 4 is 21.6 Å². The molecule has 0 aliphatic rings. The number of halogens is 1. The molecule has 1 aromatic heterocycles. The van der Waals surface area contributed by atoms with E-state index in [-0.39, 0.29) is 5.56 Å². The Morgan fingerprint density at radius 3 is 2.94 bits per heavy atom. The summed E-state index contributed by atoms with van der Waals surface area (Å²) < 4.78 is 1.93. The highest BCUT2D eigenvalue weighted by atomic mass is 79.9. The zero-order valence-electron chi connectivity index (χ0n) is 10.6. The number of terminal acetylenes is 1. The van der Waals surface area contributed by atoms with Gasteiger partial charge in [-0.2, -0.15) is 5.10 Å². The molecule has 0 saturated heterocycles. The molecule has 0 fully saturated rings. The second kappa shape index (κ2) is 7.19. The molecule has 0 atom stereocenters. The Labute approximate surface area is 115 Å². The second-order valence-electron chi connectivity index (χ2n) is 4.08. The molecule has 0 aliphatic carbocycles. The van der Waals surface area contributed by atoms with E-state index in [0.29, 0.717) is 29.7 Å². The van der Waals surface area contributed by atoms with Crippen LogP contribution < -0.4 is 10.9 Å². The average molecular weight is 313 g/mol. The third kappa shape index (κ3) is 4.17. The highest BCUT2D eigenvalue weighted by molar-refractivity contribution is 9.10. The van der Waals surface area contributed by atoms with Gasteiger partial charge in [-0.3, -0.25) is 4.79 Å². The van der Waals surface area contributed by atoms with Crippen LogP contribution in [0.5, 0.6) is 0 Å². The van der Waals surface area contributed by atoms with E-state index in [9.17, 15) is 4.79 Å². The molecule has 18 heavy (non-hydrogen) atoms. The maximum Gasteiger partial charge on any atom is 0.283 e. The lowest BCUT2D eigenvalue weighted by atomic mass is 10.4. The van der Waals surface area contributed by atoms with Gasteiger partial charge in [-0.1, -0.05) is 0 Å². The molecule has 1 N–H and O–H groups in total. The Hall–Kier alpha value is -1.32. The number of likely N-dealkylation sites (N-methyl/N-ethyl adjacent to an activating group) is 1. The Morgan fingerprint density at radius 2 is 2.33 bits per heavy atom. The lowest BCUT2D eigenvalue weighted by Gasteiger charge is -2.12. The number of nitrogens with zero attached hydrogens (tertiary/aromatic N) is 3. The van der Waals surface area contributed by atoms with E-state index < -0.39 is 0 Å². The molecule has 1 aromatic rings. The van der Waals surface area contributed by atoms with E-state index in [1.54, 1.807) is 6.20 Å². The second-order valence-corrected chi connectivity index (χ2v) is 4.88. The van der Waals surface area contributed by atoms with Crippen molar-refractivity contribution in [3.8, 4) is 12.3 Å². The van der Waals surface area contributed by atoms with Gasteiger partial charge in [0.25, 0.3) is 5.56 Å².